The van der Waals surface area contributed by atoms with Gasteiger partial charge in [-0.05, 0) is 37.8 Å². The molecular formula is C15H19N3O. The molecule has 3 rings (SSSR count). The van der Waals surface area contributed by atoms with Crippen molar-refractivity contribution in [1.29, 1.82) is 0 Å². The summed E-state index contributed by atoms with van der Waals surface area (Å²) in [6.07, 6.45) is 5.12. The summed E-state index contributed by atoms with van der Waals surface area (Å²) in [7, 11) is 1.79. The molecule has 0 radical (unpaired) electrons. The molecule has 0 unspecified atom stereocenters. The lowest BCUT2D eigenvalue weighted by molar-refractivity contribution is -0.0601. The number of aryl methyl sites for hydroxylation is 1. The Morgan fingerprint density at radius 2 is 2.16 bits per heavy atom. The molecule has 4 nitrogen and oxygen atoms in total. The molecule has 100 valence electrons. The summed E-state index contributed by atoms with van der Waals surface area (Å²) in [6, 6.07) is 6.17. The summed E-state index contributed by atoms with van der Waals surface area (Å²) in [5.74, 6) is 0.900. The number of nitrogens with zero attached hydrogens (tertiary/aromatic N) is 2. The van der Waals surface area contributed by atoms with Gasteiger partial charge >= 0.3 is 0 Å². The average Bonchev–Trinajstić information content (AvgIpc) is 2.39. The van der Waals surface area contributed by atoms with E-state index >= 15 is 0 Å². The first-order valence-electron chi connectivity index (χ1n) is 6.73. The van der Waals surface area contributed by atoms with Gasteiger partial charge < -0.3 is 10.1 Å². The van der Waals surface area contributed by atoms with Crippen LogP contribution in [-0.4, -0.2) is 29.2 Å². The highest BCUT2D eigenvalue weighted by Crippen LogP contribution is 2.35. The maximum absolute atomic E-state index is 5.63. The second kappa shape index (κ2) is 4.78. The van der Waals surface area contributed by atoms with E-state index < -0.39 is 0 Å². The van der Waals surface area contributed by atoms with E-state index in [9.17, 15) is 0 Å². The molecule has 0 spiro atoms. The van der Waals surface area contributed by atoms with E-state index in [0.29, 0.717) is 0 Å². The molecule has 1 saturated carbocycles. The summed E-state index contributed by atoms with van der Waals surface area (Å²) in [5, 5.41) is 4.51. The molecule has 0 bridgehead atoms. The fourth-order valence-corrected chi connectivity index (χ4v) is 2.65. The van der Waals surface area contributed by atoms with E-state index in [1.807, 2.05) is 6.07 Å². The lowest BCUT2D eigenvalue weighted by Crippen LogP contribution is -2.45. The van der Waals surface area contributed by atoms with Gasteiger partial charge in [-0.2, -0.15) is 0 Å². The Bertz CT molecular complexity index is 587. The van der Waals surface area contributed by atoms with Crippen LogP contribution >= 0.6 is 0 Å². The van der Waals surface area contributed by atoms with Crippen molar-refractivity contribution in [2.75, 3.05) is 19.0 Å². The second-order valence-electron chi connectivity index (χ2n) is 5.29. The highest BCUT2D eigenvalue weighted by atomic mass is 16.5. The lowest BCUT2D eigenvalue weighted by Gasteiger charge is -2.40. The van der Waals surface area contributed by atoms with Gasteiger partial charge in [-0.15, -0.1) is 0 Å². The van der Waals surface area contributed by atoms with Crippen LogP contribution in [0.1, 0.15) is 24.8 Å². The fourth-order valence-electron chi connectivity index (χ4n) is 2.65. The van der Waals surface area contributed by atoms with Gasteiger partial charge in [-0.25, -0.2) is 9.97 Å². The van der Waals surface area contributed by atoms with Crippen molar-refractivity contribution < 1.29 is 4.74 Å². The van der Waals surface area contributed by atoms with E-state index in [1.54, 1.807) is 13.4 Å². The Morgan fingerprint density at radius 1 is 1.32 bits per heavy atom. The van der Waals surface area contributed by atoms with E-state index in [-0.39, 0.29) is 5.60 Å². The number of ether oxygens (including phenoxy) is 1. The van der Waals surface area contributed by atoms with E-state index in [1.165, 1.54) is 12.0 Å². The third-order valence-corrected chi connectivity index (χ3v) is 4.14. The van der Waals surface area contributed by atoms with Gasteiger partial charge in [0.1, 0.15) is 12.1 Å². The highest BCUT2D eigenvalue weighted by molar-refractivity contribution is 5.90. The van der Waals surface area contributed by atoms with Crippen LogP contribution in [0.15, 0.2) is 24.5 Å². The molecule has 1 aliphatic carbocycles. The van der Waals surface area contributed by atoms with E-state index in [4.69, 9.17) is 4.74 Å². The van der Waals surface area contributed by atoms with Crippen molar-refractivity contribution in [2.24, 2.45) is 0 Å². The van der Waals surface area contributed by atoms with Crippen LogP contribution in [0, 0.1) is 6.92 Å². The highest BCUT2D eigenvalue weighted by Gasteiger charge is 2.36. The molecule has 2 aromatic rings. The molecule has 0 amide bonds. The minimum Gasteiger partial charge on any atom is -0.376 e. The number of methoxy groups -OCH3 is 1. The van der Waals surface area contributed by atoms with Crippen LogP contribution in [0.25, 0.3) is 10.9 Å². The van der Waals surface area contributed by atoms with Gasteiger partial charge in [0.15, 0.2) is 0 Å². The molecule has 0 aliphatic heterocycles. The zero-order chi connectivity index (χ0) is 13.3. The van der Waals surface area contributed by atoms with Gasteiger partial charge in [-0.3, -0.25) is 0 Å². The molecule has 1 heterocycles. The third-order valence-electron chi connectivity index (χ3n) is 4.14. The Morgan fingerprint density at radius 3 is 2.84 bits per heavy atom. The normalized spacial score (nSPS) is 17.2. The van der Waals surface area contributed by atoms with Crippen molar-refractivity contribution in [3.63, 3.8) is 0 Å². The first-order chi connectivity index (χ1) is 9.24. The number of hydrogen-bond acceptors (Lipinski definition) is 4. The van der Waals surface area contributed by atoms with Gasteiger partial charge in [0.25, 0.3) is 0 Å². The maximum Gasteiger partial charge on any atom is 0.137 e. The summed E-state index contributed by atoms with van der Waals surface area (Å²) < 4.78 is 5.63. The van der Waals surface area contributed by atoms with Crippen LogP contribution in [0.5, 0.6) is 0 Å². The molecule has 4 heteroatoms. The predicted octanol–water partition coefficient (Wildman–Crippen LogP) is 2.92. The first-order valence-corrected chi connectivity index (χ1v) is 6.73. The topological polar surface area (TPSA) is 47.0 Å². The average molecular weight is 257 g/mol. The molecule has 19 heavy (non-hydrogen) atoms. The smallest absolute Gasteiger partial charge is 0.137 e. The first kappa shape index (κ1) is 12.4. The molecule has 1 aliphatic rings. The Balaban J connectivity index is 1.87. The monoisotopic (exact) mass is 257 g/mol. The van der Waals surface area contributed by atoms with Crippen LogP contribution in [0.4, 0.5) is 5.82 Å². The lowest BCUT2D eigenvalue weighted by atomic mass is 9.80. The van der Waals surface area contributed by atoms with Crippen LogP contribution in [-0.2, 0) is 4.74 Å². The van der Waals surface area contributed by atoms with Crippen LogP contribution in [0.3, 0.4) is 0 Å². The van der Waals surface area contributed by atoms with Gasteiger partial charge in [0.05, 0.1) is 11.1 Å². The summed E-state index contributed by atoms with van der Waals surface area (Å²) in [4.78, 5) is 8.72. The maximum atomic E-state index is 5.63. The molecule has 0 saturated heterocycles. The number of fused-ring (bicyclic) bond motifs is 1. The van der Waals surface area contributed by atoms with Crippen molar-refractivity contribution in [3.05, 3.63) is 30.1 Å². The number of rotatable bonds is 4. The van der Waals surface area contributed by atoms with E-state index in [2.05, 4.69) is 34.3 Å². The molecular weight excluding hydrogens is 238 g/mol. The van der Waals surface area contributed by atoms with Gasteiger partial charge in [0, 0.05) is 19.0 Å². The summed E-state index contributed by atoms with van der Waals surface area (Å²) >= 11 is 0. The van der Waals surface area contributed by atoms with Crippen molar-refractivity contribution >= 4 is 16.7 Å². The largest absolute Gasteiger partial charge is 0.376 e. The molecule has 1 N–H and O–H groups in total. The van der Waals surface area contributed by atoms with E-state index in [0.717, 1.165) is 36.1 Å². The number of benzene rings is 1. The molecule has 1 aromatic heterocycles. The molecule has 0 atom stereocenters. The Hall–Kier alpha value is -1.68. The van der Waals surface area contributed by atoms with Crippen molar-refractivity contribution in [1.82, 2.24) is 9.97 Å². The number of hydrogen-bond donors (Lipinski definition) is 1. The van der Waals surface area contributed by atoms with Crippen molar-refractivity contribution in [3.8, 4) is 0 Å². The third kappa shape index (κ3) is 2.16. The second-order valence-corrected chi connectivity index (χ2v) is 5.29. The van der Waals surface area contributed by atoms with Gasteiger partial charge in [0.2, 0.25) is 0 Å². The Labute approximate surface area is 113 Å². The summed E-state index contributed by atoms with van der Waals surface area (Å²) in [5.41, 5.74) is 2.19. The van der Waals surface area contributed by atoms with Crippen LogP contribution < -0.4 is 5.32 Å². The van der Waals surface area contributed by atoms with Gasteiger partial charge in [-0.1, -0.05) is 12.1 Å². The zero-order valence-corrected chi connectivity index (χ0v) is 11.4. The standard InChI is InChI=1S/C15H19N3O/c1-11-5-3-6-12-13(11)17-10-18-14(12)16-9-15(19-2)7-4-8-15/h3,5-6,10H,4,7-9H2,1-2H3,(H,16,17,18). The van der Waals surface area contributed by atoms with Crippen molar-refractivity contribution in [2.45, 2.75) is 31.8 Å². The minimum atomic E-state index is 0.00109. The summed E-state index contributed by atoms with van der Waals surface area (Å²) in [6.45, 7) is 2.88. The zero-order valence-electron chi connectivity index (χ0n) is 11.4. The molecule has 1 aromatic carbocycles. The quantitative estimate of drug-likeness (QED) is 0.914. The Kier molecular flexibility index (Phi) is 3.11. The number of anilines is 1. The minimum absolute atomic E-state index is 0.00109. The number of para-hydroxylation sites is 1. The fraction of sp³-hybridized carbons (Fsp3) is 0.467. The number of nitrogens with one attached hydrogen (secondary N) is 1. The SMILES string of the molecule is COC1(CNc2ncnc3c(C)cccc23)CCC1. The predicted molar refractivity (Wildman–Crippen MR) is 76.4 cm³/mol. The number of aromatic nitrogens is 2. The van der Waals surface area contributed by atoms with Crippen LogP contribution in [0.2, 0.25) is 0 Å². The molecule has 1 fully saturated rings.